The van der Waals surface area contributed by atoms with Crippen LogP contribution >= 0.6 is 0 Å². The van der Waals surface area contributed by atoms with Crippen LogP contribution in [0.2, 0.25) is 0 Å². The summed E-state index contributed by atoms with van der Waals surface area (Å²) in [6.45, 7) is 5.14. The van der Waals surface area contributed by atoms with Crippen LogP contribution in [0.5, 0.6) is 0 Å². The summed E-state index contributed by atoms with van der Waals surface area (Å²) in [5.74, 6) is 0. The Balaban J connectivity index is 1.56. The highest BCUT2D eigenvalue weighted by Gasteiger charge is 2.23. The maximum Gasteiger partial charge on any atom is 0.0229 e. The Kier molecular flexibility index (Phi) is 5.26. The molecule has 0 bridgehead atoms. The SMILES string of the molecule is CN(C)C1CCN(CCCC2CCCCN2)C1. The second-order valence-corrected chi connectivity index (χ2v) is 6.00. The Morgan fingerprint density at radius 3 is 2.76 bits per heavy atom. The molecule has 2 aliphatic rings. The molecule has 100 valence electrons. The summed E-state index contributed by atoms with van der Waals surface area (Å²) in [5, 5.41) is 3.64. The Bertz CT molecular complexity index is 212. The van der Waals surface area contributed by atoms with Crippen LogP contribution in [0.15, 0.2) is 0 Å². The van der Waals surface area contributed by atoms with Gasteiger partial charge in [-0.25, -0.2) is 0 Å². The second-order valence-electron chi connectivity index (χ2n) is 6.00. The van der Waals surface area contributed by atoms with Crippen LogP contribution in [-0.4, -0.2) is 62.2 Å². The molecule has 0 spiro atoms. The van der Waals surface area contributed by atoms with Gasteiger partial charge in [0.05, 0.1) is 0 Å². The average Bonchev–Trinajstić information content (AvgIpc) is 2.79. The Hall–Kier alpha value is -0.120. The van der Waals surface area contributed by atoms with Crippen LogP contribution in [0.3, 0.4) is 0 Å². The maximum absolute atomic E-state index is 3.64. The zero-order chi connectivity index (χ0) is 12.1. The fraction of sp³-hybridized carbons (Fsp3) is 1.00. The highest BCUT2D eigenvalue weighted by atomic mass is 15.2. The van der Waals surface area contributed by atoms with Crippen molar-refractivity contribution in [2.24, 2.45) is 0 Å². The van der Waals surface area contributed by atoms with Gasteiger partial charge in [0.15, 0.2) is 0 Å². The van der Waals surface area contributed by atoms with Gasteiger partial charge in [-0.05, 0) is 65.8 Å². The summed E-state index contributed by atoms with van der Waals surface area (Å²) in [4.78, 5) is 5.02. The molecule has 0 aromatic carbocycles. The third-order valence-corrected chi connectivity index (χ3v) is 4.42. The molecule has 0 amide bonds. The minimum atomic E-state index is 0.794. The first-order valence-corrected chi connectivity index (χ1v) is 7.38. The van der Waals surface area contributed by atoms with E-state index in [9.17, 15) is 0 Å². The zero-order valence-electron chi connectivity index (χ0n) is 11.6. The van der Waals surface area contributed by atoms with Crippen molar-refractivity contribution in [3.8, 4) is 0 Å². The van der Waals surface area contributed by atoms with Gasteiger partial charge in [-0.2, -0.15) is 0 Å². The molecule has 2 unspecified atom stereocenters. The van der Waals surface area contributed by atoms with Gasteiger partial charge < -0.3 is 15.1 Å². The molecule has 3 heteroatoms. The van der Waals surface area contributed by atoms with Crippen molar-refractivity contribution in [3.05, 3.63) is 0 Å². The predicted molar refractivity (Wildman–Crippen MR) is 73.4 cm³/mol. The van der Waals surface area contributed by atoms with Gasteiger partial charge >= 0.3 is 0 Å². The first kappa shape index (κ1) is 13.3. The molecule has 17 heavy (non-hydrogen) atoms. The van der Waals surface area contributed by atoms with E-state index >= 15 is 0 Å². The van der Waals surface area contributed by atoms with Crippen molar-refractivity contribution in [3.63, 3.8) is 0 Å². The molecule has 0 aromatic rings. The number of nitrogens with one attached hydrogen (secondary N) is 1. The van der Waals surface area contributed by atoms with E-state index in [1.165, 1.54) is 64.7 Å². The first-order valence-electron chi connectivity index (χ1n) is 7.38. The topological polar surface area (TPSA) is 18.5 Å². The van der Waals surface area contributed by atoms with E-state index in [0.717, 1.165) is 12.1 Å². The molecule has 0 aliphatic carbocycles. The minimum Gasteiger partial charge on any atom is -0.314 e. The van der Waals surface area contributed by atoms with Gasteiger partial charge in [0.2, 0.25) is 0 Å². The van der Waals surface area contributed by atoms with E-state index in [0.29, 0.717) is 0 Å². The van der Waals surface area contributed by atoms with Crippen LogP contribution < -0.4 is 5.32 Å². The predicted octanol–water partition coefficient (Wildman–Crippen LogP) is 1.54. The third kappa shape index (κ3) is 4.23. The van der Waals surface area contributed by atoms with Crippen LogP contribution in [-0.2, 0) is 0 Å². The third-order valence-electron chi connectivity index (χ3n) is 4.42. The highest BCUT2D eigenvalue weighted by Crippen LogP contribution is 2.16. The molecule has 2 aliphatic heterocycles. The molecule has 3 nitrogen and oxygen atoms in total. The van der Waals surface area contributed by atoms with E-state index in [1.807, 2.05) is 0 Å². The lowest BCUT2D eigenvalue weighted by atomic mass is 10.0. The summed E-state index contributed by atoms with van der Waals surface area (Å²) in [7, 11) is 4.42. The molecule has 2 rings (SSSR count). The summed E-state index contributed by atoms with van der Waals surface area (Å²) in [5.41, 5.74) is 0. The molecule has 0 saturated carbocycles. The Morgan fingerprint density at radius 2 is 2.12 bits per heavy atom. The van der Waals surface area contributed by atoms with E-state index < -0.39 is 0 Å². The fourth-order valence-electron chi connectivity index (χ4n) is 3.17. The summed E-state index contributed by atoms with van der Waals surface area (Å²) in [6.07, 6.45) is 8.33. The fourth-order valence-corrected chi connectivity index (χ4v) is 3.17. The maximum atomic E-state index is 3.64. The number of hydrogen-bond acceptors (Lipinski definition) is 3. The standard InChI is InChI=1S/C14H29N3/c1-16(2)14-8-11-17(12-14)10-5-7-13-6-3-4-9-15-13/h13-15H,3-12H2,1-2H3. The van der Waals surface area contributed by atoms with E-state index in [1.54, 1.807) is 0 Å². The lowest BCUT2D eigenvalue weighted by molar-refractivity contribution is 0.260. The summed E-state index contributed by atoms with van der Waals surface area (Å²) >= 11 is 0. The molecule has 1 N–H and O–H groups in total. The Labute approximate surface area is 107 Å². The lowest BCUT2D eigenvalue weighted by Gasteiger charge is -2.25. The molecule has 2 fully saturated rings. The van der Waals surface area contributed by atoms with Crippen molar-refractivity contribution >= 4 is 0 Å². The van der Waals surface area contributed by atoms with Gasteiger partial charge in [0.1, 0.15) is 0 Å². The van der Waals surface area contributed by atoms with E-state index in [-0.39, 0.29) is 0 Å². The van der Waals surface area contributed by atoms with Crippen LogP contribution in [0.1, 0.15) is 38.5 Å². The second kappa shape index (κ2) is 6.72. The Morgan fingerprint density at radius 1 is 1.24 bits per heavy atom. The first-order chi connectivity index (χ1) is 8.25. The summed E-state index contributed by atoms with van der Waals surface area (Å²) < 4.78 is 0. The number of piperidine rings is 1. The van der Waals surface area contributed by atoms with Gasteiger partial charge in [0, 0.05) is 18.6 Å². The largest absolute Gasteiger partial charge is 0.314 e. The van der Waals surface area contributed by atoms with Gasteiger partial charge in [-0.3, -0.25) is 0 Å². The van der Waals surface area contributed by atoms with Crippen molar-refractivity contribution < 1.29 is 0 Å². The number of likely N-dealkylation sites (tertiary alicyclic amines) is 1. The van der Waals surface area contributed by atoms with Gasteiger partial charge in [0.25, 0.3) is 0 Å². The van der Waals surface area contributed by atoms with Crippen LogP contribution in [0.25, 0.3) is 0 Å². The van der Waals surface area contributed by atoms with Crippen molar-refractivity contribution in [2.75, 3.05) is 40.3 Å². The molecule has 2 heterocycles. The number of likely N-dealkylation sites (N-methyl/N-ethyl adjacent to an activating group) is 1. The van der Waals surface area contributed by atoms with E-state index in [2.05, 4.69) is 29.2 Å². The number of rotatable bonds is 5. The van der Waals surface area contributed by atoms with Crippen LogP contribution in [0, 0.1) is 0 Å². The van der Waals surface area contributed by atoms with Gasteiger partial charge in [-0.15, -0.1) is 0 Å². The number of nitrogens with zero attached hydrogens (tertiary/aromatic N) is 2. The monoisotopic (exact) mass is 239 g/mol. The normalized spacial score (nSPS) is 31.2. The van der Waals surface area contributed by atoms with Crippen LogP contribution in [0.4, 0.5) is 0 Å². The minimum absolute atomic E-state index is 0.794. The average molecular weight is 239 g/mol. The quantitative estimate of drug-likeness (QED) is 0.785. The van der Waals surface area contributed by atoms with E-state index in [4.69, 9.17) is 0 Å². The van der Waals surface area contributed by atoms with Crippen molar-refractivity contribution in [2.45, 2.75) is 50.6 Å². The highest BCUT2D eigenvalue weighted by molar-refractivity contribution is 4.81. The molecule has 2 saturated heterocycles. The van der Waals surface area contributed by atoms with Gasteiger partial charge in [-0.1, -0.05) is 6.42 Å². The molecular formula is C14H29N3. The molecule has 0 aromatic heterocycles. The smallest absolute Gasteiger partial charge is 0.0229 e. The van der Waals surface area contributed by atoms with Crippen molar-refractivity contribution in [1.82, 2.24) is 15.1 Å². The number of hydrogen-bond donors (Lipinski definition) is 1. The molecule has 0 radical (unpaired) electrons. The molecular weight excluding hydrogens is 210 g/mol. The summed E-state index contributed by atoms with van der Waals surface area (Å²) in [6, 6.07) is 1.61. The molecule has 2 atom stereocenters. The zero-order valence-corrected chi connectivity index (χ0v) is 11.6. The lowest BCUT2D eigenvalue weighted by Crippen LogP contribution is -2.35. The van der Waals surface area contributed by atoms with Crippen molar-refractivity contribution in [1.29, 1.82) is 0 Å².